The van der Waals surface area contributed by atoms with Crippen LogP contribution in [-0.2, 0) is 4.79 Å². The Kier molecular flexibility index (Phi) is 6.24. The van der Waals surface area contributed by atoms with Crippen LogP contribution in [0.5, 0.6) is 0 Å². The molecule has 124 valence electrons. The number of amides is 1. The average molecular weight is 333 g/mol. The molecule has 0 saturated heterocycles. The van der Waals surface area contributed by atoms with Crippen molar-refractivity contribution in [1.82, 2.24) is 14.9 Å². The topological polar surface area (TPSA) is 67.2 Å². The molecule has 5 nitrogen and oxygen atoms in total. The van der Waals surface area contributed by atoms with Gasteiger partial charge in [0.15, 0.2) is 5.16 Å². The summed E-state index contributed by atoms with van der Waals surface area (Å²) in [7, 11) is 0. The third-order valence-electron chi connectivity index (χ3n) is 3.46. The number of aliphatic hydroxyl groups excluding tert-OH is 1. The number of aliphatic hydroxyl groups is 1. The van der Waals surface area contributed by atoms with E-state index < -0.39 is 0 Å². The second-order valence-electron chi connectivity index (χ2n) is 5.77. The van der Waals surface area contributed by atoms with E-state index in [0.717, 1.165) is 10.8 Å². The van der Waals surface area contributed by atoms with Crippen LogP contribution < -0.4 is 5.32 Å². The SMILES string of the molecule is CC(CO)NC(=O)CSc1nccn1-c1ccc(C(C)C)cc1. The van der Waals surface area contributed by atoms with Crippen molar-refractivity contribution in [2.75, 3.05) is 12.4 Å². The first-order valence-corrected chi connectivity index (χ1v) is 8.66. The van der Waals surface area contributed by atoms with Crippen LogP contribution in [0, 0.1) is 0 Å². The fourth-order valence-corrected chi connectivity index (χ4v) is 2.89. The minimum Gasteiger partial charge on any atom is -0.394 e. The fraction of sp³-hybridized carbons (Fsp3) is 0.412. The van der Waals surface area contributed by atoms with Crippen molar-refractivity contribution in [3.05, 3.63) is 42.2 Å². The zero-order valence-electron chi connectivity index (χ0n) is 13.7. The van der Waals surface area contributed by atoms with Crippen LogP contribution >= 0.6 is 11.8 Å². The van der Waals surface area contributed by atoms with Crippen molar-refractivity contribution in [3.8, 4) is 5.69 Å². The van der Waals surface area contributed by atoms with Gasteiger partial charge < -0.3 is 10.4 Å². The molecule has 0 bridgehead atoms. The molecule has 2 aromatic rings. The van der Waals surface area contributed by atoms with Gasteiger partial charge in [-0.2, -0.15) is 0 Å². The molecule has 0 fully saturated rings. The van der Waals surface area contributed by atoms with E-state index in [0.29, 0.717) is 5.92 Å². The minimum atomic E-state index is -0.230. The van der Waals surface area contributed by atoms with E-state index in [1.807, 2.05) is 10.8 Å². The van der Waals surface area contributed by atoms with Crippen molar-refractivity contribution in [2.45, 2.75) is 37.9 Å². The Bertz CT molecular complexity index is 638. The summed E-state index contributed by atoms with van der Waals surface area (Å²) >= 11 is 1.38. The molecule has 23 heavy (non-hydrogen) atoms. The van der Waals surface area contributed by atoms with Gasteiger partial charge in [-0.3, -0.25) is 9.36 Å². The third kappa shape index (κ3) is 4.84. The quantitative estimate of drug-likeness (QED) is 0.764. The minimum absolute atomic E-state index is 0.0623. The molecule has 2 N–H and O–H groups in total. The third-order valence-corrected chi connectivity index (χ3v) is 4.43. The second-order valence-corrected chi connectivity index (χ2v) is 6.71. The van der Waals surface area contributed by atoms with Crippen LogP contribution in [0.1, 0.15) is 32.3 Å². The van der Waals surface area contributed by atoms with E-state index in [-0.39, 0.29) is 24.3 Å². The Morgan fingerprint density at radius 3 is 2.61 bits per heavy atom. The number of nitrogens with one attached hydrogen (secondary N) is 1. The van der Waals surface area contributed by atoms with E-state index in [1.54, 1.807) is 13.1 Å². The molecule has 1 aromatic carbocycles. The highest BCUT2D eigenvalue weighted by molar-refractivity contribution is 7.99. The molecule has 1 unspecified atom stereocenters. The lowest BCUT2D eigenvalue weighted by Crippen LogP contribution is -2.36. The number of thioether (sulfide) groups is 1. The maximum Gasteiger partial charge on any atom is 0.230 e. The summed E-state index contributed by atoms with van der Waals surface area (Å²) in [6.45, 7) is 6.03. The Balaban J connectivity index is 2.03. The largest absolute Gasteiger partial charge is 0.394 e. The number of imidazole rings is 1. The highest BCUT2D eigenvalue weighted by Crippen LogP contribution is 2.22. The summed E-state index contributed by atoms with van der Waals surface area (Å²) in [5.41, 5.74) is 2.32. The lowest BCUT2D eigenvalue weighted by atomic mass is 10.0. The van der Waals surface area contributed by atoms with Crippen molar-refractivity contribution in [2.24, 2.45) is 0 Å². The zero-order valence-corrected chi connectivity index (χ0v) is 14.5. The van der Waals surface area contributed by atoms with E-state index in [4.69, 9.17) is 5.11 Å². The Hall–Kier alpha value is -1.79. The molecule has 0 spiro atoms. The lowest BCUT2D eigenvalue weighted by molar-refractivity contribution is -0.119. The Morgan fingerprint density at radius 2 is 2.00 bits per heavy atom. The van der Waals surface area contributed by atoms with Crippen LogP contribution in [0.15, 0.2) is 41.8 Å². The van der Waals surface area contributed by atoms with Gasteiger partial charge in [0.05, 0.1) is 12.4 Å². The summed E-state index contributed by atoms with van der Waals surface area (Å²) in [5, 5.41) is 12.4. The number of rotatable bonds is 7. The van der Waals surface area contributed by atoms with Crippen LogP contribution in [0.4, 0.5) is 0 Å². The molecule has 0 aliphatic heterocycles. The summed E-state index contributed by atoms with van der Waals surface area (Å²) in [4.78, 5) is 16.1. The molecular weight excluding hydrogens is 310 g/mol. The molecule has 0 aliphatic rings. The first-order chi connectivity index (χ1) is 11.0. The summed E-state index contributed by atoms with van der Waals surface area (Å²) in [6.07, 6.45) is 3.62. The Morgan fingerprint density at radius 1 is 1.30 bits per heavy atom. The first kappa shape index (κ1) is 17.6. The molecule has 6 heteroatoms. The van der Waals surface area contributed by atoms with Gasteiger partial charge in [-0.25, -0.2) is 4.98 Å². The van der Waals surface area contributed by atoms with E-state index in [9.17, 15) is 4.79 Å². The number of benzene rings is 1. The number of hydrogen-bond acceptors (Lipinski definition) is 4. The predicted octanol–water partition coefficient (Wildman–Crippen LogP) is 2.58. The Labute approximate surface area is 141 Å². The number of carbonyl (C=O) groups excluding carboxylic acids is 1. The summed E-state index contributed by atoms with van der Waals surface area (Å²) < 4.78 is 1.97. The van der Waals surface area contributed by atoms with Crippen molar-refractivity contribution >= 4 is 17.7 Å². The van der Waals surface area contributed by atoms with E-state index >= 15 is 0 Å². The molecular formula is C17H23N3O2S. The van der Waals surface area contributed by atoms with Crippen LogP contribution in [0.2, 0.25) is 0 Å². The smallest absolute Gasteiger partial charge is 0.230 e. The average Bonchev–Trinajstić information content (AvgIpc) is 3.01. The number of nitrogens with zero attached hydrogens (tertiary/aromatic N) is 2. The van der Waals surface area contributed by atoms with Crippen molar-refractivity contribution in [3.63, 3.8) is 0 Å². The van der Waals surface area contributed by atoms with Gasteiger partial charge in [-0.1, -0.05) is 37.7 Å². The standard InChI is InChI=1S/C17H23N3O2S/c1-12(2)14-4-6-15(7-5-14)20-9-8-18-17(20)23-11-16(22)19-13(3)10-21/h4-9,12-13,21H,10-11H2,1-3H3,(H,19,22). The number of hydrogen-bond donors (Lipinski definition) is 2. The van der Waals surface area contributed by atoms with Crippen LogP contribution in [0.3, 0.4) is 0 Å². The molecule has 1 aromatic heterocycles. The summed E-state index contributed by atoms with van der Waals surface area (Å²) in [5.74, 6) is 0.657. The van der Waals surface area contributed by atoms with E-state index in [1.165, 1.54) is 17.3 Å². The molecule has 0 saturated carbocycles. The van der Waals surface area contributed by atoms with Gasteiger partial charge in [-0.05, 0) is 30.5 Å². The van der Waals surface area contributed by atoms with Crippen LogP contribution in [-0.4, -0.2) is 39.0 Å². The van der Waals surface area contributed by atoms with Gasteiger partial charge in [-0.15, -0.1) is 0 Å². The van der Waals surface area contributed by atoms with Gasteiger partial charge in [0.1, 0.15) is 0 Å². The predicted molar refractivity (Wildman–Crippen MR) is 93.1 cm³/mol. The highest BCUT2D eigenvalue weighted by atomic mass is 32.2. The molecule has 1 amide bonds. The maximum atomic E-state index is 11.8. The fourth-order valence-electron chi connectivity index (χ4n) is 2.11. The molecule has 0 radical (unpaired) electrons. The summed E-state index contributed by atoms with van der Waals surface area (Å²) in [6, 6.07) is 8.13. The molecule has 0 aliphatic carbocycles. The van der Waals surface area contributed by atoms with Crippen molar-refractivity contribution < 1.29 is 9.90 Å². The molecule has 1 heterocycles. The number of carbonyl (C=O) groups is 1. The van der Waals surface area contributed by atoms with Gasteiger partial charge in [0.25, 0.3) is 0 Å². The van der Waals surface area contributed by atoms with Crippen LogP contribution in [0.25, 0.3) is 5.69 Å². The normalized spacial score (nSPS) is 12.4. The second kappa shape index (κ2) is 8.17. The monoisotopic (exact) mass is 333 g/mol. The first-order valence-electron chi connectivity index (χ1n) is 7.68. The van der Waals surface area contributed by atoms with Gasteiger partial charge in [0, 0.05) is 24.1 Å². The van der Waals surface area contributed by atoms with Crippen molar-refractivity contribution in [1.29, 1.82) is 0 Å². The molecule has 1 atom stereocenters. The van der Waals surface area contributed by atoms with Gasteiger partial charge >= 0.3 is 0 Å². The lowest BCUT2D eigenvalue weighted by Gasteiger charge is -2.12. The molecule has 2 rings (SSSR count). The maximum absolute atomic E-state index is 11.8. The van der Waals surface area contributed by atoms with Gasteiger partial charge in [0.2, 0.25) is 5.91 Å². The zero-order chi connectivity index (χ0) is 16.8. The number of aromatic nitrogens is 2. The van der Waals surface area contributed by atoms with E-state index in [2.05, 4.69) is 48.4 Å². The highest BCUT2D eigenvalue weighted by Gasteiger charge is 2.11.